The van der Waals surface area contributed by atoms with Gasteiger partial charge in [0.1, 0.15) is 0 Å². The molecular weight excluding hydrogens is 296 g/mol. The lowest BCUT2D eigenvalue weighted by molar-refractivity contribution is 0.222. The summed E-state index contributed by atoms with van der Waals surface area (Å²) in [5.74, 6) is 0.916. The first-order chi connectivity index (χ1) is 8.31. The number of hydrogen-bond acceptors (Lipinski definition) is 3. The second-order valence-electron chi connectivity index (χ2n) is 5.15. The molecule has 2 fully saturated rings. The van der Waals surface area contributed by atoms with Crippen LogP contribution in [0.5, 0.6) is 0 Å². The molecule has 3 heterocycles. The highest BCUT2D eigenvalue weighted by atomic mass is 79.9. The number of piperidine rings is 1. The van der Waals surface area contributed by atoms with Gasteiger partial charge in [0.25, 0.3) is 0 Å². The Labute approximate surface area is 116 Å². The van der Waals surface area contributed by atoms with E-state index in [4.69, 9.17) is 0 Å². The zero-order valence-electron chi connectivity index (χ0n) is 9.99. The van der Waals surface area contributed by atoms with Gasteiger partial charge in [0, 0.05) is 24.0 Å². The Kier molecular flexibility index (Phi) is 3.85. The molecule has 2 bridgehead atoms. The first kappa shape index (κ1) is 12.2. The molecule has 1 aromatic rings. The highest BCUT2D eigenvalue weighted by Crippen LogP contribution is 2.27. The van der Waals surface area contributed by atoms with E-state index in [9.17, 15) is 0 Å². The van der Waals surface area contributed by atoms with Crippen LogP contribution in [0.2, 0.25) is 0 Å². The average Bonchev–Trinajstić information content (AvgIpc) is 2.90. The van der Waals surface area contributed by atoms with Crippen LogP contribution in [0.1, 0.15) is 17.7 Å². The number of hydrogen-bond donors (Lipinski definition) is 1. The molecule has 2 aliphatic heterocycles. The maximum atomic E-state index is 3.77. The molecule has 0 radical (unpaired) electrons. The summed E-state index contributed by atoms with van der Waals surface area (Å²) in [5, 5.41) is 3.77. The Morgan fingerprint density at radius 3 is 3.06 bits per heavy atom. The molecule has 1 N–H and O–H groups in total. The number of rotatable bonds is 4. The van der Waals surface area contributed by atoms with Gasteiger partial charge in [-0.15, -0.1) is 11.3 Å². The van der Waals surface area contributed by atoms with Crippen LogP contribution in [-0.4, -0.2) is 37.1 Å². The molecule has 0 spiro atoms. The van der Waals surface area contributed by atoms with Crippen molar-refractivity contribution in [2.45, 2.75) is 25.3 Å². The minimum Gasteiger partial charge on any atom is -0.313 e. The molecule has 4 heteroatoms. The van der Waals surface area contributed by atoms with Gasteiger partial charge in [-0.05, 0) is 66.3 Å². The highest BCUT2D eigenvalue weighted by Gasteiger charge is 2.33. The molecule has 2 aliphatic rings. The summed E-state index contributed by atoms with van der Waals surface area (Å²) in [6.07, 6.45) is 3.92. The quantitative estimate of drug-likeness (QED) is 0.919. The molecule has 2 nitrogen and oxygen atoms in total. The van der Waals surface area contributed by atoms with Gasteiger partial charge in [-0.1, -0.05) is 0 Å². The lowest BCUT2D eigenvalue weighted by atomic mass is 9.94. The van der Waals surface area contributed by atoms with E-state index in [-0.39, 0.29) is 0 Å². The van der Waals surface area contributed by atoms with Crippen LogP contribution >= 0.6 is 27.3 Å². The summed E-state index contributed by atoms with van der Waals surface area (Å²) in [5.41, 5.74) is 0. The Morgan fingerprint density at radius 2 is 2.24 bits per heavy atom. The lowest BCUT2D eigenvalue weighted by Crippen LogP contribution is -2.44. The van der Waals surface area contributed by atoms with Gasteiger partial charge in [0.05, 0.1) is 3.79 Å². The molecule has 0 saturated carbocycles. The van der Waals surface area contributed by atoms with E-state index >= 15 is 0 Å². The summed E-state index contributed by atoms with van der Waals surface area (Å²) in [4.78, 5) is 4.09. The van der Waals surface area contributed by atoms with Gasteiger partial charge in [0.2, 0.25) is 0 Å². The summed E-state index contributed by atoms with van der Waals surface area (Å²) < 4.78 is 1.25. The van der Waals surface area contributed by atoms with Gasteiger partial charge in [0.15, 0.2) is 0 Å². The monoisotopic (exact) mass is 314 g/mol. The SMILES string of the molecule is Brc1ccc(CCNC2CCN3CCC2C3)s1. The Bertz CT molecular complexity index is 379. The number of thiophene rings is 1. The zero-order valence-corrected chi connectivity index (χ0v) is 12.4. The van der Waals surface area contributed by atoms with E-state index in [2.05, 4.69) is 38.3 Å². The van der Waals surface area contributed by atoms with Crippen molar-refractivity contribution in [1.29, 1.82) is 0 Å². The third kappa shape index (κ3) is 2.92. The van der Waals surface area contributed by atoms with Crippen LogP contribution in [0, 0.1) is 5.92 Å². The summed E-state index contributed by atoms with van der Waals surface area (Å²) in [7, 11) is 0. The standard InChI is InChI=1S/C13H19BrN2S/c14-13-2-1-11(17-13)3-6-15-12-5-8-16-7-4-10(12)9-16/h1-2,10,12,15H,3-9H2. The molecule has 0 aliphatic carbocycles. The van der Waals surface area contributed by atoms with Gasteiger partial charge in [-0.2, -0.15) is 0 Å². The third-order valence-electron chi connectivity index (χ3n) is 4.04. The van der Waals surface area contributed by atoms with Gasteiger partial charge in [-0.25, -0.2) is 0 Å². The molecule has 2 saturated heterocycles. The minimum absolute atomic E-state index is 0.775. The fraction of sp³-hybridized carbons (Fsp3) is 0.692. The van der Waals surface area contributed by atoms with E-state index in [0.717, 1.165) is 18.5 Å². The number of nitrogens with one attached hydrogen (secondary N) is 1. The van der Waals surface area contributed by atoms with Gasteiger partial charge >= 0.3 is 0 Å². The Balaban J connectivity index is 1.45. The fourth-order valence-corrected chi connectivity index (χ4v) is 4.57. The lowest BCUT2D eigenvalue weighted by Gasteiger charge is -2.31. The molecule has 0 amide bonds. The van der Waals surface area contributed by atoms with Crippen LogP contribution < -0.4 is 5.32 Å². The van der Waals surface area contributed by atoms with Gasteiger partial charge < -0.3 is 10.2 Å². The smallest absolute Gasteiger partial charge is 0.0701 e. The van der Waals surface area contributed by atoms with E-state index in [1.54, 1.807) is 0 Å². The predicted molar refractivity (Wildman–Crippen MR) is 76.7 cm³/mol. The summed E-state index contributed by atoms with van der Waals surface area (Å²) in [6.45, 7) is 5.11. The van der Waals surface area contributed by atoms with Gasteiger partial charge in [-0.3, -0.25) is 0 Å². The van der Waals surface area contributed by atoms with Crippen molar-refractivity contribution in [3.05, 3.63) is 20.8 Å². The van der Waals surface area contributed by atoms with Crippen molar-refractivity contribution in [3.8, 4) is 0 Å². The largest absolute Gasteiger partial charge is 0.313 e. The summed E-state index contributed by atoms with van der Waals surface area (Å²) in [6, 6.07) is 5.15. The maximum Gasteiger partial charge on any atom is 0.0701 e. The zero-order chi connectivity index (χ0) is 11.7. The minimum atomic E-state index is 0.775. The van der Waals surface area contributed by atoms with Crippen molar-refractivity contribution in [2.75, 3.05) is 26.2 Å². The van der Waals surface area contributed by atoms with Crippen LogP contribution in [-0.2, 0) is 6.42 Å². The van der Waals surface area contributed by atoms with Crippen LogP contribution in [0.15, 0.2) is 15.9 Å². The molecule has 0 aromatic carbocycles. The van der Waals surface area contributed by atoms with Crippen molar-refractivity contribution >= 4 is 27.3 Å². The topological polar surface area (TPSA) is 15.3 Å². The Hall–Kier alpha value is 0.1000. The molecule has 3 atom stereocenters. The van der Waals surface area contributed by atoms with Crippen molar-refractivity contribution in [3.63, 3.8) is 0 Å². The van der Waals surface area contributed by atoms with E-state index in [1.807, 2.05) is 11.3 Å². The first-order valence-electron chi connectivity index (χ1n) is 6.51. The maximum absolute atomic E-state index is 3.77. The molecule has 3 unspecified atom stereocenters. The highest BCUT2D eigenvalue weighted by molar-refractivity contribution is 9.11. The Morgan fingerprint density at radius 1 is 1.35 bits per heavy atom. The molecule has 1 aromatic heterocycles. The number of halogens is 1. The second-order valence-corrected chi connectivity index (χ2v) is 7.70. The summed E-state index contributed by atoms with van der Waals surface area (Å²) >= 11 is 5.38. The number of nitrogens with zero attached hydrogens (tertiary/aromatic N) is 1. The van der Waals surface area contributed by atoms with Crippen LogP contribution in [0.25, 0.3) is 0 Å². The fourth-order valence-electron chi connectivity index (χ4n) is 3.09. The first-order valence-corrected chi connectivity index (χ1v) is 8.12. The van der Waals surface area contributed by atoms with E-state index in [1.165, 1.54) is 47.6 Å². The van der Waals surface area contributed by atoms with Crippen molar-refractivity contribution in [1.82, 2.24) is 10.2 Å². The van der Waals surface area contributed by atoms with Crippen molar-refractivity contribution < 1.29 is 0 Å². The normalized spacial score (nSPS) is 31.9. The average molecular weight is 315 g/mol. The van der Waals surface area contributed by atoms with E-state index in [0.29, 0.717) is 0 Å². The number of fused-ring (bicyclic) bond motifs is 2. The second kappa shape index (κ2) is 5.39. The molecular formula is C13H19BrN2S. The molecule has 94 valence electrons. The van der Waals surface area contributed by atoms with E-state index < -0.39 is 0 Å². The molecule has 17 heavy (non-hydrogen) atoms. The van der Waals surface area contributed by atoms with Crippen LogP contribution in [0.3, 0.4) is 0 Å². The third-order valence-corrected chi connectivity index (χ3v) is 5.72. The van der Waals surface area contributed by atoms with Crippen LogP contribution in [0.4, 0.5) is 0 Å². The predicted octanol–water partition coefficient (Wildman–Crippen LogP) is 2.74. The van der Waals surface area contributed by atoms with Crippen molar-refractivity contribution in [2.24, 2.45) is 5.92 Å². The molecule has 3 rings (SSSR count).